The van der Waals surface area contributed by atoms with Crippen molar-refractivity contribution in [1.29, 1.82) is 0 Å². The average molecular weight is 329 g/mol. The fourth-order valence-corrected chi connectivity index (χ4v) is 1.93. The van der Waals surface area contributed by atoms with E-state index in [-0.39, 0.29) is 5.76 Å². The normalized spacial score (nSPS) is 11.7. The summed E-state index contributed by atoms with van der Waals surface area (Å²) >= 11 is 5.70. The van der Waals surface area contributed by atoms with Gasteiger partial charge in [0.05, 0.1) is 6.21 Å². The molecule has 0 bridgehead atoms. The third kappa shape index (κ3) is 4.15. The lowest BCUT2D eigenvalue weighted by atomic mass is 10.2. The SMILES string of the molecule is O=C(N/N=C\c1ccc(S(=O)(=O)O)o1)c1ccc(Cl)cc1. The van der Waals surface area contributed by atoms with E-state index in [2.05, 4.69) is 10.5 Å². The number of carbonyl (C=O) groups is 1. The Bertz CT molecular complexity index is 780. The lowest BCUT2D eigenvalue weighted by Gasteiger charge is -1.98. The number of hydrogen-bond acceptors (Lipinski definition) is 5. The van der Waals surface area contributed by atoms with Crippen molar-refractivity contribution in [1.82, 2.24) is 5.43 Å². The second-order valence-corrected chi connectivity index (χ2v) is 5.63. The van der Waals surface area contributed by atoms with Gasteiger partial charge in [0.15, 0.2) is 0 Å². The van der Waals surface area contributed by atoms with Crippen molar-refractivity contribution in [3.05, 3.63) is 52.7 Å². The average Bonchev–Trinajstić information content (AvgIpc) is 2.88. The number of carbonyl (C=O) groups excluding carboxylic acids is 1. The van der Waals surface area contributed by atoms with Crippen molar-refractivity contribution in [2.75, 3.05) is 0 Å². The van der Waals surface area contributed by atoms with E-state index in [9.17, 15) is 13.2 Å². The predicted molar refractivity (Wildman–Crippen MR) is 75.0 cm³/mol. The number of nitrogens with one attached hydrogen (secondary N) is 1. The summed E-state index contributed by atoms with van der Waals surface area (Å²) in [5.74, 6) is -0.413. The van der Waals surface area contributed by atoms with Gasteiger partial charge in [0.2, 0.25) is 5.09 Å². The molecule has 0 saturated carbocycles. The number of hydrazone groups is 1. The Hall–Kier alpha value is -2.16. The maximum atomic E-state index is 11.7. The van der Waals surface area contributed by atoms with Crippen LogP contribution in [0.15, 0.2) is 51.0 Å². The van der Waals surface area contributed by atoms with E-state index in [1.807, 2.05) is 0 Å². The van der Waals surface area contributed by atoms with Crippen LogP contribution in [-0.4, -0.2) is 25.1 Å². The van der Waals surface area contributed by atoms with Gasteiger partial charge in [-0.2, -0.15) is 13.5 Å². The molecule has 1 amide bonds. The van der Waals surface area contributed by atoms with Crippen molar-refractivity contribution in [3.63, 3.8) is 0 Å². The maximum Gasteiger partial charge on any atom is 0.328 e. The minimum atomic E-state index is -4.40. The Morgan fingerprint density at radius 2 is 1.90 bits per heavy atom. The number of amides is 1. The lowest BCUT2D eigenvalue weighted by molar-refractivity contribution is 0.0955. The van der Waals surface area contributed by atoms with E-state index < -0.39 is 21.1 Å². The van der Waals surface area contributed by atoms with Crippen molar-refractivity contribution in [2.24, 2.45) is 5.10 Å². The van der Waals surface area contributed by atoms with Crippen LogP contribution in [0, 0.1) is 0 Å². The molecule has 2 aromatic rings. The summed E-state index contributed by atoms with van der Waals surface area (Å²) in [4.78, 5) is 11.7. The first-order valence-corrected chi connectivity index (χ1v) is 7.34. The van der Waals surface area contributed by atoms with E-state index in [1.165, 1.54) is 18.2 Å². The number of furan rings is 1. The molecule has 2 rings (SSSR count). The zero-order valence-corrected chi connectivity index (χ0v) is 11.9. The van der Waals surface area contributed by atoms with Crippen molar-refractivity contribution in [2.45, 2.75) is 5.09 Å². The van der Waals surface area contributed by atoms with Gasteiger partial charge in [0.25, 0.3) is 5.91 Å². The fourth-order valence-electron chi connectivity index (χ4n) is 1.36. The Morgan fingerprint density at radius 3 is 2.48 bits per heavy atom. The van der Waals surface area contributed by atoms with E-state index in [4.69, 9.17) is 20.6 Å². The molecule has 0 aliphatic carbocycles. The molecule has 0 radical (unpaired) electrons. The van der Waals surface area contributed by atoms with Crippen LogP contribution < -0.4 is 5.43 Å². The number of halogens is 1. The summed E-state index contributed by atoms with van der Waals surface area (Å²) in [6.07, 6.45) is 1.10. The second kappa shape index (κ2) is 6.08. The van der Waals surface area contributed by atoms with E-state index in [1.54, 1.807) is 12.1 Å². The molecule has 9 heteroatoms. The molecule has 0 aliphatic rings. The molecule has 0 unspecified atom stereocenters. The van der Waals surface area contributed by atoms with Crippen LogP contribution in [-0.2, 0) is 10.1 Å². The highest BCUT2D eigenvalue weighted by molar-refractivity contribution is 7.85. The molecule has 0 atom stereocenters. The standard InChI is InChI=1S/C12H9ClN2O5S/c13-9-3-1-8(2-4-9)12(16)15-14-7-10-5-6-11(20-10)21(17,18)19/h1-7H,(H,15,16)(H,17,18,19)/b14-7-. The highest BCUT2D eigenvalue weighted by Gasteiger charge is 2.14. The summed E-state index contributed by atoms with van der Waals surface area (Å²) in [5.41, 5.74) is 2.59. The minimum Gasteiger partial charge on any atom is -0.441 e. The van der Waals surface area contributed by atoms with Crippen LogP contribution in [0.5, 0.6) is 0 Å². The van der Waals surface area contributed by atoms with Gasteiger partial charge < -0.3 is 4.42 Å². The molecule has 2 N–H and O–H groups in total. The van der Waals surface area contributed by atoms with Gasteiger partial charge in [-0.05, 0) is 36.4 Å². The number of rotatable bonds is 4. The zero-order chi connectivity index (χ0) is 15.5. The Balaban J connectivity index is 2.01. The quantitative estimate of drug-likeness (QED) is 0.506. The van der Waals surface area contributed by atoms with E-state index in [0.717, 1.165) is 12.3 Å². The predicted octanol–water partition coefficient (Wildman–Crippen LogP) is 1.94. The Kier molecular flexibility index (Phi) is 4.41. The molecule has 1 heterocycles. The van der Waals surface area contributed by atoms with Gasteiger partial charge in [-0.15, -0.1) is 0 Å². The Morgan fingerprint density at radius 1 is 1.24 bits per heavy atom. The van der Waals surface area contributed by atoms with E-state index >= 15 is 0 Å². The van der Waals surface area contributed by atoms with Gasteiger partial charge in [0, 0.05) is 10.6 Å². The lowest BCUT2D eigenvalue weighted by Crippen LogP contribution is -2.17. The molecular formula is C12H9ClN2O5S. The van der Waals surface area contributed by atoms with Gasteiger partial charge in [0.1, 0.15) is 5.76 Å². The third-order valence-electron chi connectivity index (χ3n) is 2.32. The first-order chi connectivity index (χ1) is 9.86. The fraction of sp³-hybridized carbons (Fsp3) is 0. The summed E-state index contributed by atoms with van der Waals surface area (Å²) in [6.45, 7) is 0. The molecule has 110 valence electrons. The molecule has 0 aliphatic heterocycles. The topological polar surface area (TPSA) is 109 Å². The Labute approximate surface area is 125 Å². The summed E-state index contributed by atoms with van der Waals surface area (Å²) in [7, 11) is -4.40. The van der Waals surface area contributed by atoms with E-state index in [0.29, 0.717) is 10.6 Å². The highest BCUT2D eigenvalue weighted by Crippen LogP contribution is 2.12. The van der Waals surface area contributed by atoms with Crippen molar-refractivity contribution >= 4 is 33.8 Å². The maximum absolute atomic E-state index is 11.7. The summed E-state index contributed by atoms with van der Waals surface area (Å²) in [6, 6.07) is 8.52. The first kappa shape index (κ1) is 15.2. The van der Waals surface area contributed by atoms with Crippen LogP contribution in [0.25, 0.3) is 0 Å². The van der Waals surface area contributed by atoms with Gasteiger partial charge >= 0.3 is 10.1 Å². The second-order valence-electron chi connectivity index (χ2n) is 3.84. The highest BCUT2D eigenvalue weighted by atomic mass is 35.5. The van der Waals surface area contributed by atoms with Gasteiger partial charge in [-0.1, -0.05) is 11.6 Å². The molecule has 1 aromatic heterocycles. The van der Waals surface area contributed by atoms with Crippen LogP contribution in [0.1, 0.15) is 16.1 Å². The first-order valence-electron chi connectivity index (χ1n) is 5.52. The molecule has 1 aromatic carbocycles. The molecule has 7 nitrogen and oxygen atoms in total. The molecule has 0 saturated heterocycles. The molecule has 0 fully saturated rings. The van der Waals surface area contributed by atoms with Crippen LogP contribution in [0.4, 0.5) is 0 Å². The number of hydrogen-bond donors (Lipinski definition) is 2. The zero-order valence-electron chi connectivity index (χ0n) is 10.4. The molecule has 0 spiro atoms. The summed E-state index contributed by atoms with van der Waals surface area (Å²) in [5, 5.41) is 3.51. The monoisotopic (exact) mass is 328 g/mol. The van der Waals surface area contributed by atoms with Crippen LogP contribution >= 0.6 is 11.6 Å². The number of nitrogens with zero attached hydrogens (tertiary/aromatic N) is 1. The van der Waals surface area contributed by atoms with Gasteiger partial charge in [-0.25, -0.2) is 5.43 Å². The molecular weight excluding hydrogens is 320 g/mol. The molecule has 21 heavy (non-hydrogen) atoms. The van der Waals surface area contributed by atoms with Crippen molar-refractivity contribution < 1.29 is 22.2 Å². The summed E-state index contributed by atoms with van der Waals surface area (Å²) < 4.78 is 35.1. The smallest absolute Gasteiger partial charge is 0.328 e. The van der Waals surface area contributed by atoms with Gasteiger partial charge in [-0.3, -0.25) is 9.35 Å². The van der Waals surface area contributed by atoms with Crippen LogP contribution in [0.3, 0.4) is 0 Å². The van der Waals surface area contributed by atoms with Crippen LogP contribution in [0.2, 0.25) is 5.02 Å². The number of benzene rings is 1. The third-order valence-corrected chi connectivity index (χ3v) is 3.30. The largest absolute Gasteiger partial charge is 0.441 e. The van der Waals surface area contributed by atoms with Crippen molar-refractivity contribution in [3.8, 4) is 0 Å². The minimum absolute atomic E-state index is 0.0547.